The summed E-state index contributed by atoms with van der Waals surface area (Å²) in [6.45, 7) is 5.99. The van der Waals surface area contributed by atoms with E-state index in [2.05, 4.69) is 5.32 Å². The van der Waals surface area contributed by atoms with E-state index in [-0.39, 0.29) is 0 Å². The molecule has 0 aromatic heterocycles. The highest BCUT2D eigenvalue weighted by Gasteiger charge is 2.02. The fourth-order valence-electron chi connectivity index (χ4n) is 0.750. The molecule has 0 atom stereocenters. The van der Waals surface area contributed by atoms with Crippen LogP contribution in [0.1, 0.15) is 20.8 Å². The zero-order chi connectivity index (χ0) is 8.15. The highest BCUT2D eigenvalue weighted by molar-refractivity contribution is 5.98. The molecule has 2 nitrogen and oxygen atoms in total. The van der Waals surface area contributed by atoms with Crippen molar-refractivity contribution in [3.05, 3.63) is 11.8 Å². The van der Waals surface area contributed by atoms with Gasteiger partial charge in [0, 0.05) is 19.0 Å². The van der Waals surface area contributed by atoms with Crippen LogP contribution in [0.15, 0.2) is 11.8 Å². The second kappa shape index (κ2) is 4.09. The Morgan fingerprint density at radius 3 is 2.30 bits per heavy atom. The standard InChI is InChI=1S/C8H16N2/c1-6(2)8(9)7(3)5-10-4/h5-6,9-10H,1-4H3/b7-5-,9-8?. The first-order chi connectivity index (χ1) is 4.59. The Bertz CT molecular complexity index is 145. The highest BCUT2D eigenvalue weighted by Crippen LogP contribution is 2.03. The van der Waals surface area contributed by atoms with Gasteiger partial charge in [-0.25, -0.2) is 0 Å². The van der Waals surface area contributed by atoms with E-state index in [1.54, 1.807) is 0 Å². The summed E-state index contributed by atoms with van der Waals surface area (Å²) in [7, 11) is 1.84. The fourth-order valence-corrected chi connectivity index (χ4v) is 0.750. The van der Waals surface area contributed by atoms with Gasteiger partial charge >= 0.3 is 0 Å². The van der Waals surface area contributed by atoms with Gasteiger partial charge in [0.2, 0.25) is 0 Å². The largest absolute Gasteiger partial charge is 0.394 e. The molecule has 2 N–H and O–H groups in total. The summed E-state index contributed by atoms with van der Waals surface area (Å²) in [6.07, 6.45) is 1.85. The smallest absolute Gasteiger partial charge is 0.0382 e. The molecule has 0 radical (unpaired) electrons. The minimum absolute atomic E-state index is 0.324. The van der Waals surface area contributed by atoms with E-state index in [0.29, 0.717) is 11.6 Å². The van der Waals surface area contributed by atoms with Crippen LogP contribution in [0.3, 0.4) is 0 Å². The van der Waals surface area contributed by atoms with Crippen molar-refractivity contribution in [3.8, 4) is 0 Å². The zero-order valence-electron chi connectivity index (χ0n) is 7.15. The van der Waals surface area contributed by atoms with Crippen LogP contribution >= 0.6 is 0 Å². The average Bonchev–Trinajstić information content (AvgIpc) is 1.87. The average molecular weight is 140 g/mol. The fraction of sp³-hybridized carbons (Fsp3) is 0.625. The zero-order valence-corrected chi connectivity index (χ0v) is 7.15. The van der Waals surface area contributed by atoms with Crippen LogP contribution in [0.5, 0.6) is 0 Å². The number of hydrogen-bond donors (Lipinski definition) is 2. The Morgan fingerprint density at radius 2 is 2.00 bits per heavy atom. The summed E-state index contributed by atoms with van der Waals surface area (Å²) in [5, 5.41) is 10.4. The Morgan fingerprint density at radius 1 is 1.50 bits per heavy atom. The predicted molar refractivity (Wildman–Crippen MR) is 45.4 cm³/mol. The van der Waals surface area contributed by atoms with E-state index in [9.17, 15) is 0 Å². The molecular formula is C8H16N2. The molecule has 0 unspecified atom stereocenters. The first-order valence-corrected chi connectivity index (χ1v) is 3.52. The molecule has 0 spiro atoms. The van der Waals surface area contributed by atoms with Crippen LogP contribution in [0.25, 0.3) is 0 Å². The van der Waals surface area contributed by atoms with E-state index >= 15 is 0 Å². The van der Waals surface area contributed by atoms with Gasteiger partial charge in [-0.05, 0) is 18.4 Å². The summed E-state index contributed by atoms with van der Waals surface area (Å²) < 4.78 is 0. The first kappa shape index (κ1) is 9.21. The monoisotopic (exact) mass is 140 g/mol. The molecule has 0 fully saturated rings. The molecule has 0 saturated carbocycles. The molecule has 0 heterocycles. The van der Waals surface area contributed by atoms with E-state index in [4.69, 9.17) is 5.41 Å². The Hall–Kier alpha value is -0.790. The second-order valence-corrected chi connectivity index (χ2v) is 2.68. The highest BCUT2D eigenvalue weighted by atomic mass is 14.8. The van der Waals surface area contributed by atoms with Gasteiger partial charge in [0.25, 0.3) is 0 Å². The van der Waals surface area contributed by atoms with Crippen molar-refractivity contribution in [3.63, 3.8) is 0 Å². The van der Waals surface area contributed by atoms with E-state index < -0.39 is 0 Å². The van der Waals surface area contributed by atoms with Crippen LogP contribution < -0.4 is 5.32 Å². The van der Waals surface area contributed by atoms with Crippen molar-refractivity contribution >= 4 is 5.71 Å². The van der Waals surface area contributed by atoms with Gasteiger partial charge in [-0.1, -0.05) is 13.8 Å². The van der Waals surface area contributed by atoms with Crippen molar-refractivity contribution < 1.29 is 0 Å². The van der Waals surface area contributed by atoms with Crippen LogP contribution in [0.4, 0.5) is 0 Å². The quantitative estimate of drug-likeness (QED) is 0.576. The van der Waals surface area contributed by atoms with Crippen LogP contribution in [-0.2, 0) is 0 Å². The molecular weight excluding hydrogens is 124 g/mol. The minimum Gasteiger partial charge on any atom is -0.394 e. The third-order valence-corrected chi connectivity index (χ3v) is 1.36. The maximum atomic E-state index is 7.54. The molecule has 0 aliphatic heterocycles. The summed E-state index contributed by atoms with van der Waals surface area (Å²) in [6, 6.07) is 0. The number of hydrogen-bond acceptors (Lipinski definition) is 2. The van der Waals surface area contributed by atoms with Crippen LogP contribution in [0, 0.1) is 11.3 Å². The number of rotatable bonds is 3. The van der Waals surface area contributed by atoms with Gasteiger partial charge in [-0.2, -0.15) is 0 Å². The molecule has 58 valence electrons. The molecule has 10 heavy (non-hydrogen) atoms. The lowest BCUT2D eigenvalue weighted by atomic mass is 10.0. The van der Waals surface area contributed by atoms with E-state index in [1.165, 1.54) is 0 Å². The first-order valence-electron chi connectivity index (χ1n) is 3.52. The van der Waals surface area contributed by atoms with Gasteiger partial charge in [0.05, 0.1) is 0 Å². The van der Waals surface area contributed by atoms with Crippen molar-refractivity contribution in [2.75, 3.05) is 7.05 Å². The molecule has 0 aromatic rings. The molecule has 0 aliphatic rings. The molecule has 2 heteroatoms. The van der Waals surface area contributed by atoms with Gasteiger partial charge < -0.3 is 10.7 Å². The molecule has 0 bridgehead atoms. The minimum atomic E-state index is 0.324. The Balaban J connectivity index is 4.08. The maximum Gasteiger partial charge on any atom is 0.0382 e. The van der Waals surface area contributed by atoms with Gasteiger partial charge in [0.1, 0.15) is 0 Å². The molecule has 0 rings (SSSR count). The van der Waals surface area contributed by atoms with Gasteiger partial charge in [0.15, 0.2) is 0 Å². The van der Waals surface area contributed by atoms with Crippen LogP contribution in [0.2, 0.25) is 0 Å². The third kappa shape index (κ3) is 2.67. The number of nitrogens with one attached hydrogen (secondary N) is 2. The summed E-state index contributed by atoms with van der Waals surface area (Å²) in [5.74, 6) is 0.324. The van der Waals surface area contributed by atoms with Gasteiger partial charge in [-0.3, -0.25) is 0 Å². The Kier molecular flexibility index (Phi) is 3.77. The maximum absolute atomic E-state index is 7.54. The lowest BCUT2D eigenvalue weighted by Crippen LogP contribution is -2.09. The van der Waals surface area contributed by atoms with Crippen molar-refractivity contribution in [2.45, 2.75) is 20.8 Å². The SMILES string of the molecule is CN/C=C(/C)C(=N)C(C)C. The summed E-state index contributed by atoms with van der Waals surface area (Å²) >= 11 is 0. The second-order valence-electron chi connectivity index (χ2n) is 2.68. The lowest BCUT2D eigenvalue weighted by Gasteiger charge is -2.06. The Labute approximate surface area is 62.8 Å². The van der Waals surface area contributed by atoms with E-state index in [1.807, 2.05) is 34.0 Å². The van der Waals surface area contributed by atoms with Crippen LogP contribution in [-0.4, -0.2) is 12.8 Å². The van der Waals surface area contributed by atoms with Crippen molar-refractivity contribution in [1.82, 2.24) is 5.32 Å². The molecule has 0 aromatic carbocycles. The predicted octanol–water partition coefficient (Wildman–Crippen LogP) is 1.79. The van der Waals surface area contributed by atoms with Gasteiger partial charge in [-0.15, -0.1) is 0 Å². The lowest BCUT2D eigenvalue weighted by molar-refractivity contribution is 0.872. The third-order valence-electron chi connectivity index (χ3n) is 1.36. The van der Waals surface area contributed by atoms with Crippen molar-refractivity contribution in [2.24, 2.45) is 5.92 Å². The van der Waals surface area contributed by atoms with Crippen molar-refractivity contribution in [1.29, 1.82) is 5.41 Å². The number of allylic oxidation sites excluding steroid dienone is 1. The molecule has 0 amide bonds. The molecule has 0 aliphatic carbocycles. The summed E-state index contributed by atoms with van der Waals surface area (Å²) in [5.41, 5.74) is 1.71. The summed E-state index contributed by atoms with van der Waals surface area (Å²) in [4.78, 5) is 0. The molecule has 0 saturated heterocycles. The normalized spacial score (nSPS) is 11.9. The van der Waals surface area contributed by atoms with E-state index in [0.717, 1.165) is 5.57 Å². The topological polar surface area (TPSA) is 35.9 Å².